The molecule has 35 heavy (non-hydrogen) atoms. The first-order chi connectivity index (χ1) is 16.4. The molecule has 0 aromatic heterocycles. The van der Waals surface area contributed by atoms with Crippen LogP contribution in [0.1, 0.15) is 76.1 Å². The second kappa shape index (κ2) is 18.7. The average Bonchev–Trinajstić information content (AvgIpc) is 2.80. The number of aromatic hydroxyl groups is 1. The fourth-order valence-corrected chi connectivity index (χ4v) is 2.63. The van der Waals surface area contributed by atoms with Crippen molar-refractivity contribution in [2.24, 2.45) is 11.8 Å². The van der Waals surface area contributed by atoms with Gasteiger partial charge in [0.2, 0.25) is 5.12 Å². The molecule has 0 aliphatic heterocycles. The summed E-state index contributed by atoms with van der Waals surface area (Å²) in [5, 5.41) is 9.47. The van der Waals surface area contributed by atoms with Gasteiger partial charge in [-0.2, -0.15) is 0 Å². The molecule has 0 amide bonds. The number of carbonyl (C=O) groups is 1. The molecule has 1 atom stereocenters. The highest BCUT2D eigenvalue weighted by molar-refractivity contribution is 7.97. The van der Waals surface area contributed by atoms with E-state index in [-0.39, 0.29) is 17.0 Å². The van der Waals surface area contributed by atoms with Gasteiger partial charge in [-0.05, 0) is 60.8 Å². The van der Waals surface area contributed by atoms with Gasteiger partial charge in [0, 0.05) is 11.1 Å². The number of ether oxygens (including phenoxy) is 1. The SMILES string of the molecule is CC(C)C.CC(C)C.CC(OC(=S)c1ccc(O)cc1)c1ccccc1.O=C(S)c1ccccc1. The van der Waals surface area contributed by atoms with Crippen LogP contribution in [0.2, 0.25) is 0 Å². The van der Waals surface area contributed by atoms with Gasteiger partial charge in [0.25, 0.3) is 0 Å². The summed E-state index contributed by atoms with van der Waals surface area (Å²) in [5.41, 5.74) is 2.52. The molecule has 0 saturated carbocycles. The lowest BCUT2D eigenvalue weighted by Gasteiger charge is -2.15. The Hall–Kier alpha value is -2.63. The molecule has 0 fully saturated rings. The number of thiol groups is 1. The highest BCUT2D eigenvalue weighted by Gasteiger charge is 2.10. The van der Waals surface area contributed by atoms with Crippen molar-refractivity contribution in [2.45, 2.75) is 54.6 Å². The quantitative estimate of drug-likeness (QED) is 0.270. The lowest BCUT2D eigenvalue weighted by Crippen LogP contribution is -2.07. The van der Waals surface area contributed by atoms with Crippen molar-refractivity contribution in [1.82, 2.24) is 0 Å². The number of phenolic OH excluding ortho intramolecular Hbond substituents is 1. The van der Waals surface area contributed by atoms with E-state index in [1.165, 1.54) is 0 Å². The van der Waals surface area contributed by atoms with Gasteiger partial charge in [0.05, 0.1) is 0 Å². The molecule has 0 bridgehead atoms. The molecule has 0 aliphatic carbocycles. The third-order valence-electron chi connectivity index (χ3n) is 3.68. The molecule has 0 spiro atoms. The van der Waals surface area contributed by atoms with Crippen LogP contribution in [-0.2, 0) is 4.74 Å². The fourth-order valence-electron chi connectivity index (χ4n) is 2.20. The summed E-state index contributed by atoms with van der Waals surface area (Å²) >= 11 is 8.88. The van der Waals surface area contributed by atoms with Gasteiger partial charge in [-0.1, -0.05) is 102 Å². The molecule has 1 N–H and O–H groups in total. The van der Waals surface area contributed by atoms with Crippen LogP contribution < -0.4 is 0 Å². The summed E-state index contributed by atoms with van der Waals surface area (Å²) in [6.45, 7) is 15.0. The van der Waals surface area contributed by atoms with Crippen LogP contribution in [0.5, 0.6) is 5.75 Å². The van der Waals surface area contributed by atoms with Crippen molar-refractivity contribution < 1.29 is 14.6 Å². The van der Waals surface area contributed by atoms with Gasteiger partial charge >= 0.3 is 0 Å². The second-order valence-electron chi connectivity index (χ2n) is 9.14. The van der Waals surface area contributed by atoms with E-state index in [1.54, 1.807) is 36.4 Å². The van der Waals surface area contributed by atoms with Crippen LogP contribution in [0.25, 0.3) is 0 Å². The highest BCUT2D eigenvalue weighted by Crippen LogP contribution is 2.19. The van der Waals surface area contributed by atoms with Crippen molar-refractivity contribution in [2.75, 3.05) is 0 Å². The van der Waals surface area contributed by atoms with Crippen molar-refractivity contribution >= 4 is 35.0 Å². The highest BCUT2D eigenvalue weighted by atomic mass is 32.1. The number of phenols is 1. The first-order valence-electron chi connectivity index (χ1n) is 11.8. The molecule has 5 heteroatoms. The number of hydrogen-bond acceptors (Lipinski definition) is 4. The Bertz CT molecular complexity index is 942. The maximum Gasteiger partial charge on any atom is 0.216 e. The summed E-state index contributed by atoms with van der Waals surface area (Å²) in [4.78, 5) is 10.5. The Morgan fingerprint density at radius 3 is 1.49 bits per heavy atom. The average molecular weight is 513 g/mol. The molecule has 3 aromatic rings. The van der Waals surface area contributed by atoms with Crippen molar-refractivity contribution in [3.63, 3.8) is 0 Å². The minimum absolute atomic E-state index is 0.0903. The molecule has 0 heterocycles. The monoisotopic (exact) mass is 512 g/mol. The minimum Gasteiger partial charge on any atom is -0.508 e. The van der Waals surface area contributed by atoms with Crippen LogP contribution in [-0.4, -0.2) is 15.3 Å². The molecular formula is C30H40O3S2. The Morgan fingerprint density at radius 2 is 1.11 bits per heavy atom. The molecule has 3 rings (SSSR count). The predicted octanol–water partition coefficient (Wildman–Crippen LogP) is 8.93. The summed E-state index contributed by atoms with van der Waals surface area (Å²) in [5.74, 6) is 1.89. The van der Waals surface area contributed by atoms with E-state index in [9.17, 15) is 9.90 Å². The maximum absolute atomic E-state index is 10.5. The van der Waals surface area contributed by atoms with E-state index in [1.807, 2.05) is 55.5 Å². The van der Waals surface area contributed by atoms with Crippen LogP contribution >= 0.6 is 24.8 Å². The lowest BCUT2D eigenvalue weighted by molar-refractivity contribution is 0.109. The minimum atomic E-state index is -0.185. The van der Waals surface area contributed by atoms with Gasteiger partial charge < -0.3 is 9.84 Å². The van der Waals surface area contributed by atoms with E-state index in [0.717, 1.165) is 23.0 Å². The smallest absolute Gasteiger partial charge is 0.216 e. The molecule has 190 valence electrons. The molecule has 0 radical (unpaired) electrons. The Labute approximate surface area is 223 Å². The summed E-state index contributed by atoms with van der Waals surface area (Å²) in [7, 11) is 0. The number of benzene rings is 3. The summed E-state index contributed by atoms with van der Waals surface area (Å²) in [6, 6.07) is 25.5. The van der Waals surface area contributed by atoms with Gasteiger partial charge in [0.1, 0.15) is 11.9 Å². The van der Waals surface area contributed by atoms with Crippen LogP contribution in [0.3, 0.4) is 0 Å². The van der Waals surface area contributed by atoms with Crippen LogP contribution in [0, 0.1) is 11.8 Å². The molecule has 0 aliphatic rings. The molecule has 0 saturated heterocycles. The lowest BCUT2D eigenvalue weighted by atomic mass is 10.1. The summed E-state index contributed by atoms with van der Waals surface area (Å²) in [6.07, 6.45) is -0.0903. The first kappa shape index (κ1) is 32.4. The van der Waals surface area contributed by atoms with Crippen molar-refractivity contribution in [1.29, 1.82) is 0 Å². The van der Waals surface area contributed by atoms with E-state index in [4.69, 9.17) is 17.0 Å². The van der Waals surface area contributed by atoms with Gasteiger partial charge in [-0.25, -0.2) is 0 Å². The van der Waals surface area contributed by atoms with Gasteiger partial charge in [0.15, 0.2) is 5.05 Å². The third-order valence-corrected chi connectivity index (χ3v) is 4.27. The number of carbonyl (C=O) groups excluding carboxylic acids is 1. The van der Waals surface area contributed by atoms with Gasteiger partial charge in [-0.15, -0.1) is 12.6 Å². The largest absolute Gasteiger partial charge is 0.508 e. The number of rotatable bonds is 4. The topological polar surface area (TPSA) is 46.5 Å². The maximum atomic E-state index is 10.5. The molecule has 3 aromatic carbocycles. The molecule has 3 nitrogen and oxygen atoms in total. The zero-order valence-electron chi connectivity index (χ0n) is 21.9. The Balaban J connectivity index is 0.000000563. The van der Waals surface area contributed by atoms with Crippen molar-refractivity contribution in [3.8, 4) is 5.75 Å². The van der Waals surface area contributed by atoms with E-state index in [2.05, 4.69) is 54.2 Å². The third kappa shape index (κ3) is 17.5. The van der Waals surface area contributed by atoms with E-state index in [0.29, 0.717) is 10.6 Å². The molecule has 1 unspecified atom stereocenters. The zero-order valence-corrected chi connectivity index (χ0v) is 23.6. The second-order valence-corrected chi connectivity index (χ2v) is 9.92. The van der Waals surface area contributed by atoms with Crippen molar-refractivity contribution in [3.05, 3.63) is 102 Å². The zero-order chi connectivity index (χ0) is 26.8. The van der Waals surface area contributed by atoms with Crippen LogP contribution in [0.15, 0.2) is 84.9 Å². The van der Waals surface area contributed by atoms with Gasteiger partial charge in [-0.3, -0.25) is 4.79 Å². The van der Waals surface area contributed by atoms with E-state index >= 15 is 0 Å². The standard InChI is InChI=1S/C15H14O2S.C7H6OS.2C4H10/c1-11(12-5-3-2-4-6-12)17-15(18)13-7-9-14(16)10-8-13;8-7(9)6-4-2-1-3-5-6;2*1-4(2)3/h2-11,16H,1H3;1-5H,(H,8,9);2*4H,1-3H3. The van der Waals surface area contributed by atoms with E-state index < -0.39 is 0 Å². The number of thiocarbonyl (C=S) groups is 1. The normalized spacial score (nSPS) is 10.5. The predicted molar refractivity (Wildman–Crippen MR) is 157 cm³/mol. The fraction of sp³-hybridized carbons (Fsp3) is 0.333. The molecular weight excluding hydrogens is 472 g/mol. The number of hydrogen-bond donors (Lipinski definition) is 2. The Morgan fingerprint density at radius 1 is 0.714 bits per heavy atom. The van der Waals surface area contributed by atoms with Crippen LogP contribution in [0.4, 0.5) is 0 Å². The Kier molecular flexibility index (Phi) is 17.3. The first-order valence-corrected chi connectivity index (χ1v) is 12.6. The summed E-state index contributed by atoms with van der Waals surface area (Å²) < 4.78 is 5.71.